The van der Waals surface area contributed by atoms with Crippen LogP contribution in [-0.2, 0) is 13.0 Å². The van der Waals surface area contributed by atoms with Gasteiger partial charge in [-0.2, -0.15) is 0 Å². The third-order valence-electron chi connectivity index (χ3n) is 4.89. The number of fused-ring (bicyclic) bond motifs is 1. The third-order valence-corrected chi connectivity index (χ3v) is 4.89. The third kappa shape index (κ3) is 4.68. The number of rotatable bonds is 6. The number of methoxy groups -OCH3 is 1. The minimum atomic E-state index is -0.210. The predicted octanol–water partition coefficient (Wildman–Crippen LogP) is 4.35. The average molecular weight is 393 g/mol. The maximum atomic E-state index is 12.3. The Kier molecular flexibility index (Phi) is 5.65. The van der Waals surface area contributed by atoms with Crippen LogP contribution in [0.15, 0.2) is 59.3 Å². The van der Waals surface area contributed by atoms with Gasteiger partial charge in [-0.1, -0.05) is 0 Å². The maximum absolute atomic E-state index is 12.3. The summed E-state index contributed by atoms with van der Waals surface area (Å²) in [5, 5.41) is 5.92. The zero-order valence-corrected chi connectivity index (χ0v) is 16.2. The molecule has 2 aromatic heterocycles. The van der Waals surface area contributed by atoms with E-state index in [1.165, 1.54) is 0 Å². The van der Waals surface area contributed by atoms with E-state index in [0.29, 0.717) is 18.2 Å². The van der Waals surface area contributed by atoms with Crippen molar-refractivity contribution in [3.05, 3.63) is 71.8 Å². The maximum Gasteiger partial charge on any atom is 0.315 e. The molecule has 2 N–H and O–H groups in total. The Labute approximate surface area is 169 Å². The Morgan fingerprint density at radius 2 is 2.03 bits per heavy atom. The second-order valence-corrected chi connectivity index (χ2v) is 6.85. The van der Waals surface area contributed by atoms with Gasteiger partial charge in [-0.15, -0.1) is 0 Å². The van der Waals surface area contributed by atoms with Crippen molar-refractivity contribution in [3.63, 3.8) is 0 Å². The van der Waals surface area contributed by atoms with E-state index in [0.717, 1.165) is 41.9 Å². The molecule has 7 heteroatoms. The molecule has 3 aromatic rings. The highest BCUT2D eigenvalue weighted by Crippen LogP contribution is 2.30. The number of nitrogens with one attached hydrogen (secondary N) is 2. The van der Waals surface area contributed by atoms with E-state index in [9.17, 15) is 4.79 Å². The van der Waals surface area contributed by atoms with E-state index in [1.54, 1.807) is 25.6 Å². The van der Waals surface area contributed by atoms with Crippen LogP contribution >= 0.6 is 0 Å². The van der Waals surface area contributed by atoms with Crippen molar-refractivity contribution in [2.75, 3.05) is 7.11 Å². The number of aryl methyl sites for hydroxylation is 1. The van der Waals surface area contributed by atoms with E-state index in [1.807, 2.05) is 36.4 Å². The fourth-order valence-corrected chi connectivity index (χ4v) is 3.41. The van der Waals surface area contributed by atoms with Crippen molar-refractivity contribution < 1.29 is 18.7 Å². The van der Waals surface area contributed by atoms with Crippen LogP contribution < -0.4 is 20.1 Å². The lowest BCUT2D eigenvalue weighted by Gasteiger charge is -2.22. The Bertz CT molecular complexity index is 968. The van der Waals surface area contributed by atoms with Crippen LogP contribution in [0.2, 0.25) is 0 Å². The molecule has 4 rings (SSSR count). The molecule has 0 saturated carbocycles. The van der Waals surface area contributed by atoms with E-state index >= 15 is 0 Å². The summed E-state index contributed by atoms with van der Waals surface area (Å²) in [4.78, 5) is 16.6. The van der Waals surface area contributed by atoms with Crippen LogP contribution in [0.4, 0.5) is 4.79 Å². The highest BCUT2D eigenvalue weighted by Gasteiger charge is 2.23. The van der Waals surface area contributed by atoms with Crippen molar-refractivity contribution in [1.29, 1.82) is 0 Å². The van der Waals surface area contributed by atoms with Crippen LogP contribution in [0, 0.1) is 0 Å². The first-order valence-corrected chi connectivity index (χ1v) is 9.59. The number of benzene rings is 1. The van der Waals surface area contributed by atoms with Crippen molar-refractivity contribution >= 4 is 6.03 Å². The number of hydrogen-bond donors (Lipinski definition) is 2. The number of ether oxygens (including phenoxy) is 2. The molecule has 0 bridgehead atoms. The first kappa shape index (κ1) is 18.9. The van der Waals surface area contributed by atoms with Crippen molar-refractivity contribution in [3.8, 4) is 17.4 Å². The molecule has 1 aliphatic carbocycles. The number of pyridine rings is 1. The van der Waals surface area contributed by atoms with Gasteiger partial charge in [0.1, 0.15) is 17.3 Å². The summed E-state index contributed by atoms with van der Waals surface area (Å²) in [6.45, 7) is 0.373. The second-order valence-electron chi connectivity index (χ2n) is 6.85. The summed E-state index contributed by atoms with van der Waals surface area (Å²) in [6, 6.07) is 12.6. The Morgan fingerprint density at radius 1 is 1.21 bits per heavy atom. The average Bonchev–Trinajstić information content (AvgIpc) is 3.23. The minimum Gasteiger partial charge on any atom is -0.497 e. The van der Waals surface area contributed by atoms with E-state index in [4.69, 9.17) is 13.9 Å². The number of furan rings is 1. The van der Waals surface area contributed by atoms with Gasteiger partial charge in [-0.3, -0.25) is 0 Å². The first-order valence-electron chi connectivity index (χ1n) is 9.59. The second kappa shape index (κ2) is 8.68. The number of amides is 2. The lowest BCUT2D eigenvalue weighted by atomic mass is 9.93. The summed E-state index contributed by atoms with van der Waals surface area (Å²) >= 11 is 0. The Hall–Kier alpha value is -3.48. The van der Waals surface area contributed by atoms with Gasteiger partial charge >= 0.3 is 6.03 Å². The zero-order chi connectivity index (χ0) is 20.1. The molecule has 7 nitrogen and oxygen atoms in total. The SMILES string of the molecule is COc1ccc(Oc2cc(CNC(=O)NC3CCCc4occc43)ccn2)cc1. The molecule has 0 saturated heterocycles. The smallest absolute Gasteiger partial charge is 0.315 e. The highest BCUT2D eigenvalue weighted by molar-refractivity contribution is 5.74. The van der Waals surface area contributed by atoms with Gasteiger partial charge in [0, 0.05) is 30.8 Å². The monoisotopic (exact) mass is 393 g/mol. The van der Waals surface area contributed by atoms with Gasteiger partial charge in [0.25, 0.3) is 0 Å². The standard InChI is InChI=1S/C22H23N3O4/c1-27-16-5-7-17(8-6-16)29-21-13-15(9-11-23-21)14-24-22(26)25-19-3-2-4-20-18(19)10-12-28-20/h5-13,19H,2-4,14H2,1H3,(H2,24,25,26). The Morgan fingerprint density at radius 3 is 2.86 bits per heavy atom. The summed E-state index contributed by atoms with van der Waals surface area (Å²) < 4.78 is 16.4. The lowest BCUT2D eigenvalue weighted by Crippen LogP contribution is -2.38. The van der Waals surface area contributed by atoms with Crippen LogP contribution in [0.25, 0.3) is 0 Å². The summed E-state index contributed by atoms with van der Waals surface area (Å²) in [6.07, 6.45) is 6.18. The molecule has 0 fully saturated rings. The van der Waals surface area contributed by atoms with Gasteiger partial charge < -0.3 is 24.5 Å². The molecular formula is C22H23N3O4. The minimum absolute atomic E-state index is 0.0103. The van der Waals surface area contributed by atoms with Gasteiger partial charge in [-0.25, -0.2) is 9.78 Å². The molecule has 0 aliphatic heterocycles. The van der Waals surface area contributed by atoms with E-state index in [2.05, 4.69) is 15.6 Å². The van der Waals surface area contributed by atoms with Gasteiger partial charge in [0.2, 0.25) is 5.88 Å². The Balaban J connectivity index is 1.32. The number of urea groups is 1. The predicted molar refractivity (Wildman–Crippen MR) is 107 cm³/mol. The molecule has 1 aliphatic rings. The molecule has 1 unspecified atom stereocenters. The van der Waals surface area contributed by atoms with Crippen LogP contribution in [-0.4, -0.2) is 18.1 Å². The normalized spacial score (nSPS) is 15.3. The number of carbonyl (C=O) groups is 1. The van der Waals surface area contributed by atoms with Gasteiger partial charge in [0.05, 0.1) is 19.4 Å². The van der Waals surface area contributed by atoms with Crippen molar-refractivity contribution in [2.45, 2.75) is 31.8 Å². The quantitative estimate of drug-likeness (QED) is 0.650. The molecular weight excluding hydrogens is 370 g/mol. The summed E-state index contributed by atoms with van der Waals surface area (Å²) in [5.41, 5.74) is 1.97. The van der Waals surface area contributed by atoms with Gasteiger partial charge in [0.15, 0.2) is 0 Å². The van der Waals surface area contributed by atoms with E-state index < -0.39 is 0 Å². The first-order chi connectivity index (χ1) is 14.2. The molecule has 1 atom stereocenters. The van der Waals surface area contributed by atoms with E-state index in [-0.39, 0.29) is 12.1 Å². The molecule has 150 valence electrons. The number of carbonyl (C=O) groups excluding carboxylic acids is 1. The fraction of sp³-hybridized carbons (Fsp3) is 0.273. The number of nitrogens with zero attached hydrogens (tertiary/aromatic N) is 1. The molecule has 2 amide bonds. The molecule has 1 aromatic carbocycles. The summed E-state index contributed by atoms with van der Waals surface area (Å²) in [7, 11) is 1.62. The molecule has 2 heterocycles. The van der Waals surface area contributed by atoms with Gasteiger partial charge in [-0.05, 0) is 54.8 Å². The highest BCUT2D eigenvalue weighted by atomic mass is 16.5. The van der Waals surface area contributed by atoms with Crippen molar-refractivity contribution in [1.82, 2.24) is 15.6 Å². The number of aromatic nitrogens is 1. The molecule has 0 spiro atoms. The van der Waals surface area contributed by atoms with Crippen LogP contribution in [0.5, 0.6) is 17.4 Å². The van der Waals surface area contributed by atoms with Crippen LogP contribution in [0.1, 0.15) is 35.8 Å². The van der Waals surface area contributed by atoms with Crippen LogP contribution in [0.3, 0.4) is 0 Å². The van der Waals surface area contributed by atoms with Crippen molar-refractivity contribution in [2.24, 2.45) is 0 Å². The lowest BCUT2D eigenvalue weighted by molar-refractivity contribution is 0.234. The number of hydrogen-bond acceptors (Lipinski definition) is 5. The zero-order valence-electron chi connectivity index (χ0n) is 16.2. The topological polar surface area (TPSA) is 85.6 Å². The molecule has 0 radical (unpaired) electrons. The molecule has 29 heavy (non-hydrogen) atoms. The largest absolute Gasteiger partial charge is 0.497 e. The summed E-state index contributed by atoms with van der Waals surface area (Å²) in [5.74, 6) is 2.85. The fourth-order valence-electron chi connectivity index (χ4n) is 3.41.